The topological polar surface area (TPSA) is 28.2 Å². The van der Waals surface area contributed by atoms with Crippen LogP contribution < -0.4 is 9.47 Å². The summed E-state index contributed by atoms with van der Waals surface area (Å²) in [5.74, 6) is 1.71. The van der Waals surface area contributed by atoms with Gasteiger partial charge < -0.3 is 19.3 Å². The van der Waals surface area contributed by atoms with Gasteiger partial charge in [0.05, 0.1) is 14.2 Å². The van der Waals surface area contributed by atoms with E-state index in [2.05, 4.69) is 55.0 Å². The number of rotatable bonds is 12. The Kier molecular flexibility index (Phi) is 9.76. The van der Waals surface area contributed by atoms with E-state index in [1.807, 2.05) is 6.07 Å². The second kappa shape index (κ2) is 11.3. The van der Waals surface area contributed by atoms with Crippen molar-refractivity contribution in [2.45, 2.75) is 19.4 Å². The minimum absolute atomic E-state index is 0.853. The molecule has 0 radical (unpaired) electrons. The molecule has 0 aliphatic carbocycles. The number of benzene rings is 1. The molecule has 1 rings (SSSR count). The predicted molar refractivity (Wildman–Crippen MR) is 101 cm³/mol. The fraction of sp³-hybridized carbons (Fsp3) is 0.684. The van der Waals surface area contributed by atoms with Crippen LogP contribution in [0.25, 0.3) is 0 Å². The van der Waals surface area contributed by atoms with Crippen molar-refractivity contribution in [1.29, 1.82) is 0 Å². The monoisotopic (exact) mass is 337 g/mol. The maximum Gasteiger partial charge on any atom is 0.122 e. The van der Waals surface area contributed by atoms with Crippen LogP contribution in [0, 0.1) is 0 Å². The Bertz CT molecular complexity index is 428. The molecule has 0 unspecified atom stereocenters. The van der Waals surface area contributed by atoms with Gasteiger partial charge in [-0.2, -0.15) is 0 Å². The lowest BCUT2D eigenvalue weighted by atomic mass is 10.1. The van der Waals surface area contributed by atoms with E-state index in [0.717, 1.165) is 44.2 Å². The molecule has 0 saturated carbocycles. The highest BCUT2D eigenvalue weighted by Gasteiger charge is 2.09. The average Bonchev–Trinajstić information content (AvgIpc) is 2.53. The Morgan fingerprint density at radius 3 is 1.54 bits per heavy atom. The second-order valence-corrected chi connectivity index (χ2v) is 6.81. The minimum Gasteiger partial charge on any atom is -0.497 e. The quantitative estimate of drug-likeness (QED) is 0.584. The van der Waals surface area contributed by atoms with Crippen molar-refractivity contribution in [2.24, 2.45) is 0 Å². The molecule has 0 fully saturated rings. The third-order valence-electron chi connectivity index (χ3n) is 3.98. The summed E-state index contributed by atoms with van der Waals surface area (Å²) in [5, 5.41) is 0. The van der Waals surface area contributed by atoms with Crippen LogP contribution in [0.2, 0.25) is 0 Å². The van der Waals surface area contributed by atoms with Crippen molar-refractivity contribution in [1.82, 2.24) is 14.7 Å². The first-order valence-corrected chi connectivity index (χ1v) is 8.68. The van der Waals surface area contributed by atoms with Gasteiger partial charge in [0.25, 0.3) is 0 Å². The SMILES string of the molecule is COc1cc(CN(CCCN(C)C)CCCN(C)C)cc(OC)c1. The maximum atomic E-state index is 5.39. The number of hydrogen-bond donors (Lipinski definition) is 0. The smallest absolute Gasteiger partial charge is 0.122 e. The predicted octanol–water partition coefficient (Wildman–Crippen LogP) is 2.41. The lowest BCUT2D eigenvalue weighted by molar-refractivity contribution is 0.233. The minimum atomic E-state index is 0.853. The van der Waals surface area contributed by atoms with Gasteiger partial charge in [0, 0.05) is 12.6 Å². The molecule has 5 heteroatoms. The van der Waals surface area contributed by atoms with Crippen LogP contribution in [0.15, 0.2) is 18.2 Å². The molecule has 138 valence electrons. The van der Waals surface area contributed by atoms with Gasteiger partial charge in [-0.1, -0.05) is 0 Å². The fourth-order valence-corrected chi connectivity index (χ4v) is 2.71. The van der Waals surface area contributed by atoms with Crippen molar-refractivity contribution in [3.05, 3.63) is 23.8 Å². The largest absolute Gasteiger partial charge is 0.497 e. The first kappa shape index (κ1) is 20.7. The van der Waals surface area contributed by atoms with Crippen LogP contribution >= 0.6 is 0 Å². The molecule has 0 bridgehead atoms. The summed E-state index contributed by atoms with van der Waals surface area (Å²) in [6.45, 7) is 5.36. The van der Waals surface area contributed by atoms with Gasteiger partial charge in [0.1, 0.15) is 11.5 Å². The van der Waals surface area contributed by atoms with Gasteiger partial charge in [-0.15, -0.1) is 0 Å². The van der Waals surface area contributed by atoms with Gasteiger partial charge in [-0.05, 0) is 84.9 Å². The number of ether oxygens (including phenoxy) is 2. The van der Waals surface area contributed by atoms with E-state index in [0.29, 0.717) is 0 Å². The molecule has 1 aromatic rings. The molecule has 0 aliphatic heterocycles. The first-order chi connectivity index (χ1) is 11.4. The zero-order valence-corrected chi connectivity index (χ0v) is 16.3. The van der Waals surface area contributed by atoms with Gasteiger partial charge in [-0.3, -0.25) is 4.90 Å². The maximum absolute atomic E-state index is 5.39. The summed E-state index contributed by atoms with van der Waals surface area (Å²) in [6.07, 6.45) is 2.35. The van der Waals surface area contributed by atoms with E-state index in [1.54, 1.807) is 14.2 Å². The Labute approximate surface area is 148 Å². The summed E-state index contributed by atoms with van der Waals surface area (Å²) in [5.41, 5.74) is 1.24. The zero-order chi connectivity index (χ0) is 17.9. The highest BCUT2D eigenvalue weighted by atomic mass is 16.5. The van der Waals surface area contributed by atoms with Crippen molar-refractivity contribution in [2.75, 3.05) is 68.6 Å². The molecule has 5 nitrogen and oxygen atoms in total. The molecule has 0 N–H and O–H groups in total. The van der Waals surface area contributed by atoms with Crippen LogP contribution in [-0.2, 0) is 6.54 Å². The second-order valence-electron chi connectivity index (χ2n) is 6.81. The Hall–Kier alpha value is -1.30. The number of methoxy groups -OCH3 is 2. The van der Waals surface area contributed by atoms with Crippen LogP contribution in [0.4, 0.5) is 0 Å². The lowest BCUT2D eigenvalue weighted by Crippen LogP contribution is -2.30. The van der Waals surface area contributed by atoms with Crippen LogP contribution in [0.5, 0.6) is 11.5 Å². The molecule has 0 saturated heterocycles. The summed E-state index contributed by atoms with van der Waals surface area (Å²) < 4.78 is 10.8. The van der Waals surface area contributed by atoms with Crippen molar-refractivity contribution in [3.8, 4) is 11.5 Å². The first-order valence-electron chi connectivity index (χ1n) is 8.68. The van der Waals surface area contributed by atoms with Crippen molar-refractivity contribution in [3.63, 3.8) is 0 Å². The summed E-state index contributed by atoms with van der Waals surface area (Å²) in [6, 6.07) is 6.13. The number of hydrogen-bond acceptors (Lipinski definition) is 5. The Balaban J connectivity index is 2.70. The van der Waals surface area contributed by atoms with Gasteiger partial charge in [-0.25, -0.2) is 0 Å². The Morgan fingerprint density at radius 2 is 1.17 bits per heavy atom. The zero-order valence-electron chi connectivity index (χ0n) is 16.3. The third-order valence-corrected chi connectivity index (χ3v) is 3.98. The van der Waals surface area contributed by atoms with E-state index in [4.69, 9.17) is 9.47 Å². The van der Waals surface area contributed by atoms with Gasteiger partial charge in [0.2, 0.25) is 0 Å². The fourth-order valence-electron chi connectivity index (χ4n) is 2.71. The van der Waals surface area contributed by atoms with E-state index in [1.165, 1.54) is 18.4 Å². The molecule has 1 aromatic carbocycles. The highest BCUT2D eigenvalue weighted by molar-refractivity contribution is 5.38. The van der Waals surface area contributed by atoms with E-state index in [9.17, 15) is 0 Å². The summed E-state index contributed by atoms with van der Waals surface area (Å²) >= 11 is 0. The summed E-state index contributed by atoms with van der Waals surface area (Å²) in [4.78, 5) is 7.01. The molecule has 0 heterocycles. The Morgan fingerprint density at radius 1 is 0.708 bits per heavy atom. The molecule has 0 spiro atoms. The van der Waals surface area contributed by atoms with E-state index < -0.39 is 0 Å². The van der Waals surface area contributed by atoms with Crippen molar-refractivity contribution >= 4 is 0 Å². The molecule has 0 aromatic heterocycles. The van der Waals surface area contributed by atoms with Crippen LogP contribution in [0.1, 0.15) is 18.4 Å². The molecule has 0 aliphatic rings. The normalized spacial score (nSPS) is 11.5. The van der Waals surface area contributed by atoms with Gasteiger partial charge >= 0.3 is 0 Å². The molecule has 24 heavy (non-hydrogen) atoms. The number of nitrogens with zero attached hydrogens (tertiary/aromatic N) is 3. The lowest BCUT2D eigenvalue weighted by Gasteiger charge is -2.24. The van der Waals surface area contributed by atoms with Crippen LogP contribution in [-0.4, -0.2) is 83.3 Å². The van der Waals surface area contributed by atoms with Crippen LogP contribution in [0.3, 0.4) is 0 Å². The molecule has 0 atom stereocenters. The standard InChI is InChI=1S/C19H35N3O2/c1-20(2)9-7-11-22(12-8-10-21(3)4)16-17-13-18(23-5)15-19(14-17)24-6/h13-15H,7-12,16H2,1-6H3. The molecule has 0 amide bonds. The molecular formula is C19H35N3O2. The highest BCUT2D eigenvalue weighted by Crippen LogP contribution is 2.23. The summed E-state index contributed by atoms with van der Waals surface area (Å²) in [7, 11) is 11.9. The third kappa shape index (κ3) is 8.52. The molecular weight excluding hydrogens is 302 g/mol. The van der Waals surface area contributed by atoms with Gasteiger partial charge in [0.15, 0.2) is 0 Å². The van der Waals surface area contributed by atoms with E-state index >= 15 is 0 Å². The van der Waals surface area contributed by atoms with E-state index in [-0.39, 0.29) is 0 Å². The average molecular weight is 338 g/mol. The van der Waals surface area contributed by atoms with Crippen molar-refractivity contribution < 1.29 is 9.47 Å².